The normalized spacial score (nSPS) is 10.8. The smallest absolute Gasteiger partial charge is 0.232 e. The van der Waals surface area contributed by atoms with E-state index in [2.05, 4.69) is 20.6 Å². The molecule has 2 aromatic heterocycles. The number of anilines is 3. The summed E-state index contributed by atoms with van der Waals surface area (Å²) in [5.41, 5.74) is 2.37. The van der Waals surface area contributed by atoms with E-state index < -0.39 is 0 Å². The van der Waals surface area contributed by atoms with Gasteiger partial charge in [0.15, 0.2) is 10.3 Å². The van der Waals surface area contributed by atoms with Crippen LogP contribution in [-0.2, 0) is 11.2 Å². The third kappa shape index (κ3) is 5.03. The first kappa shape index (κ1) is 19.6. The Hall–Kier alpha value is -2.68. The number of thiazole rings is 2. The number of aromatic nitrogens is 2. The number of nitrogens with one attached hydrogen (secondary N) is 2. The lowest BCUT2D eigenvalue weighted by Crippen LogP contribution is -2.14. The summed E-state index contributed by atoms with van der Waals surface area (Å²) in [5, 5.41) is 9.82. The average Bonchev–Trinajstić information content (AvgIpc) is 3.27. The molecule has 0 spiro atoms. The van der Waals surface area contributed by atoms with Crippen molar-refractivity contribution >= 4 is 66.3 Å². The molecule has 2 aromatic carbocycles. The van der Waals surface area contributed by atoms with Crippen LogP contribution in [0.3, 0.4) is 0 Å². The first-order valence-corrected chi connectivity index (χ1v) is 11.0. The van der Waals surface area contributed by atoms with Crippen LogP contribution in [0, 0.1) is 0 Å². The highest BCUT2D eigenvalue weighted by molar-refractivity contribution is 7.22. The third-order valence-electron chi connectivity index (χ3n) is 3.89. The van der Waals surface area contributed by atoms with Crippen molar-refractivity contribution in [3.8, 4) is 5.75 Å². The fourth-order valence-corrected chi connectivity index (χ4v) is 4.51. The molecule has 0 atom stereocenters. The highest BCUT2D eigenvalue weighted by Gasteiger charge is 2.12. The molecule has 0 saturated heterocycles. The summed E-state index contributed by atoms with van der Waals surface area (Å²) in [7, 11) is 0. The van der Waals surface area contributed by atoms with Gasteiger partial charge in [0.2, 0.25) is 5.91 Å². The van der Waals surface area contributed by atoms with Gasteiger partial charge in [-0.2, -0.15) is 0 Å². The van der Waals surface area contributed by atoms with Gasteiger partial charge >= 0.3 is 0 Å². The number of carbonyl (C=O) groups excluding carboxylic acids is 1. The molecule has 0 radical (unpaired) electrons. The second-order valence-electron chi connectivity index (χ2n) is 6.09. The molecule has 2 heterocycles. The predicted molar refractivity (Wildman–Crippen MR) is 120 cm³/mol. The molecule has 2 N–H and O–H groups in total. The first-order chi connectivity index (χ1) is 14.1. The van der Waals surface area contributed by atoms with E-state index in [-0.39, 0.29) is 12.3 Å². The molecule has 29 heavy (non-hydrogen) atoms. The number of hydrogen-bond acceptors (Lipinski definition) is 7. The van der Waals surface area contributed by atoms with Crippen LogP contribution in [0.5, 0.6) is 5.75 Å². The van der Waals surface area contributed by atoms with Crippen molar-refractivity contribution < 1.29 is 9.53 Å². The fourth-order valence-electron chi connectivity index (χ4n) is 2.68. The molecule has 1 amide bonds. The van der Waals surface area contributed by atoms with Gasteiger partial charge in [0.25, 0.3) is 0 Å². The van der Waals surface area contributed by atoms with Gasteiger partial charge in [0.1, 0.15) is 5.75 Å². The van der Waals surface area contributed by atoms with Crippen LogP contribution in [-0.4, -0.2) is 22.5 Å². The van der Waals surface area contributed by atoms with Crippen molar-refractivity contribution in [2.45, 2.75) is 13.3 Å². The van der Waals surface area contributed by atoms with Crippen molar-refractivity contribution in [2.75, 3.05) is 17.2 Å². The number of halogens is 1. The van der Waals surface area contributed by atoms with Gasteiger partial charge in [-0.15, -0.1) is 11.3 Å². The zero-order valence-electron chi connectivity index (χ0n) is 15.4. The lowest BCUT2D eigenvalue weighted by Gasteiger charge is -2.02. The van der Waals surface area contributed by atoms with Crippen molar-refractivity contribution in [3.05, 3.63) is 58.6 Å². The summed E-state index contributed by atoms with van der Waals surface area (Å²) >= 11 is 8.85. The maximum absolute atomic E-state index is 12.4. The number of benzene rings is 2. The van der Waals surface area contributed by atoms with Crippen LogP contribution in [0.1, 0.15) is 12.6 Å². The molecule has 0 bridgehead atoms. The van der Waals surface area contributed by atoms with Gasteiger partial charge < -0.3 is 15.4 Å². The Morgan fingerprint density at radius 3 is 2.90 bits per heavy atom. The minimum atomic E-state index is -0.159. The van der Waals surface area contributed by atoms with Gasteiger partial charge in [-0.05, 0) is 43.3 Å². The fraction of sp³-hybridized carbons (Fsp3) is 0.150. The molecule has 0 fully saturated rings. The number of carbonyl (C=O) groups is 1. The van der Waals surface area contributed by atoms with Crippen LogP contribution in [0.2, 0.25) is 5.02 Å². The quantitative estimate of drug-likeness (QED) is 0.380. The maximum Gasteiger partial charge on any atom is 0.232 e. The molecule has 0 saturated carbocycles. The zero-order chi connectivity index (χ0) is 20.2. The number of amides is 1. The van der Waals surface area contributed by atoms with E-state index in [1.165, 1.54) is 22.7 Å². The number of nitrogens with zero attached hydrogens (tertiary/aromatic N) is 2. The van der Waals surface area contributed by atoms with Gasteiger partial charge in [-0.25, -0.2) is 9.97 Å². The monoisotopic (exact) mass is 444 g/mol. The van der Waals surface area contributed by atoms with Gasteiger partial charge in [-0.3, -0.25) is 4.79 Å². The predicted octanol–water partition coefficient (Wildman–Crippen LogP) is 5.73. The van der Waals surface area contributed by atoms with E-state index in [4.69, 9.17) is 16.3 Å². The van der Waals surface area contributed by atoms with Crippen molar-refractivity contribution in [2.24, 2.45) is 0 Å². The number of hydrogen-bond donors (Lipinski definition) is 2. The molecule has 148 valence electrons. The lowest BCUT2D eigenvalue weighted by atomic mass is 10.3. The Bertz CT molecular complexity index is 1160. The van der Waals surface area contributed by atoms with E-state index >= 15 is 0 Å². The Labute approximate surface area is 180 Å². The largest absolute Gasteiger partial charge is 0.494 e. The van der Waals surface area contributed by atoms with Crippen LogP contribution >= 0.6 is 34.3 Å². The van der Waals surface area contributed by atoms with Crippen molar-refractivity contribution in [1.29, 1.82) is 0 Å². The van der Waals surface area contributed by atoms with E-state index in [1.807, 2.05) is 54.8 Å². The second kappa shape index (κ2) is 8.77. The summed E-state index contributed by atoms with van der Waals surface area (Å²) in [4.78, 5) is 21.3. The summed E-state index contributed by atoms with van der Waals surface area (Å²) in [6.07, 6.45) is 0.174. The molecule has 0 aliphatic carbocycles. The Kier molecular flexibility index (Phi) is 5.94. The number of rotatable bonds is 7. The zero-order valence-corrected chi connectivity index (χ0v) is 17.8. The van der Waals surface area contributed by atoms with Crippen molar-refractivity contribution in [1.82, 2.24) is 9.97 Å². The SMILES string of the molecule is CCOc1ccc2nc(NC(=O)Cc3csc(Nc4cccc(Cl)c4)n3)sc2c1. The third-order valence-corrected chi connectivity index (χ3v) is 5.86. The average molecular weight is 445 g/mol. The number of fused-ring (bicyclic) bond motifs is 1. The minimum Gasteiger partial charge on any atom is -0.494 e. The molecular formula is C20H17ClN4O2S2. The van der Waals surface area contributed by atoms with Gasteiger partial charge in [0.05, 0.1) is 28.9 Å². The summed E-state index contributed by atoms with van der Waals surface area (Å²) in [6, 6.07) is 13.1. The molecular weight excluding hydrogens is 428 g/mol. The van der Waals surface area contributed by atoms with E-state index in [9.17, 15) is 4.79 Å². The molecule has 4 rings (SSSR count). The summed E-state index contributed by atoms with van der Waals surface area (Å²) in [5.74, 6) is 0.637. The van der Waals surface area contributed by atoms with Crippen LogP contribution in [0.25, 0.3) is 10.2 Å². The molecule has 0 aliphatic rings. The Morgan fingerprint density at radius 1 is 1.17 bits per heavy atom. The topological polar surface area (TPSA) is 76.1 Å². The Morgan fingerprint density at radius 2 is 2.07 bits per heavy atom. The van der Waals surface area contributed by atoms with E-state index in [1.54, 1.807) is 0 Å². The molecule has 0 aliphatic heterocycles. The highest BCUT2D eigenvalue weighted by atomic mass is 35.5. The minimum absolute atomic E-state index is 0.159. The van der Waals surface area contributed by atoms with Crippen LogP contribution in [0.15, 0.2) is 47.8 Å². The molecule has 9 heteroatoms. The molecule has 4 aromatic rings. The highest BCUT2D eigenvalue weighted by Crippen LogP contribution is 2.29. The van der Waals surface area contributed by atoms with Gasteiger partial charge in [0, 0.05) is 16.1 Å². The van der Waals surface area contributed by atoms with Crippen molar-refractivity contribution in [3.63, 3.8) is 0 Å². The summed E-state index contributed by atoms with van der Waals surface area (Å²) < 4.78 is 6.47. The van der Waals surface area contributed by atoms with E-state index in [0.717, 1.165) is 21.7 Å². The van der Waals surface area contributed by atoms with Crippen LogP contribution in [0.4, 0.5) is 16.0 Å². The number of ether oxygens (including phenoxy) is 1. The molecule has 0 unspecified atom stereocenters. The second-order valence-corrected chi connectivity index (χ2v) is 8.41. The van der Waals surface area contributed by atoms with Gasteiger partial charge in [-0.1, -0.05) is 29.0 Å². The Balaban J connectivity index is 1.38. The van der Waals surface area contributed by atoms with E-state index in [0.29, 0.717) is 27.6 Å². The van der Waals surface area contributed by atoms with Crippen LogP contribution < -0.4 is 15.4 Å². The lowest BCUT2D eigenvalue weighted by molar-refractivity contribution is -0.115. The first-order valence-electron chi connectivity index (χ1n) is 8.89. The summed E-state index contributed by atoms with van der Waals surface area (Å²) in [6.45, 7) is 2.55. The standard InChI is InChI=1S/C20H17ClN4O2S2/c1-2-27-15-6-7-16-17(10-15)29-20(24-16)25-18(26)9-14-11-28-19(23-14)22-13-5-3-4-12(21)8-13/h3-8,10-11H,2,9H2,1H3,(H,22,23)(H,24,25,26). The maximum atomic E-state index is 12.4. The molecule has 6 nitrogen and oxygen atoms in total.